The van der Waals surface area contributed by atoms with Crippen molar-refractivity contribution < 1.29 is 29.8 Å². The number of thiophene rings is 1. The molecule has 0 fully saturated rings. The Hall–Kier alpha value is -18.2. The number of pyridine rings is 3. The molecule has 0 aliphatic rings. The molecule has 0 saturated heterocycles. The number of rotatable bonds is 18. The first-order valence-electron chi connectivity index (χ1n) is 52.4. The van der Waals surface area contributed by atoms with Crippen molar-refractivity contribution in [2.45, 2.75) is 21.1 Å². The first kappa shape index (κ1) is 89.6. The van der Waals surface area contributed by atoms with Gasteiger partial charge in [-0.25, -0.2) is 0 Å². The van der Waals surface area contributed by atoms with Crippen molar-refractivity contribution in [3.8, 4) is 134 Å². The number of benzene rings is 22. The molecule has 4 aromatic heterocycles. The van der Waals surface area contributed by atoms with Gasteiger partial charge in [0.2, 0.25) is 0 Å². The van der Waals surface area contributed by atoms with Crippen molar-refractivity contribution in [1.82, 2.24) is 15.0 Å². The minimum Gasteiger partial charge on any atom is -0.311 e. The molecule has 7 heteroatoms. The summed E-state index contributed by atoms with van der Waals surface area (Å²) >= 11 is 1.83. The standard InChI is InChI=1S/C66H48N2.C45H27NS.C18H14N.C12H10N.CH4.Ir.H2/c1-6-16-49(17-7-1)53-26-37-60(38-27-53)67(61-39-28-54(29-40-61)50-18-8-2-9-19-50)62-41-30-56(31-42-62)57-34-45-64(46-35-57)68(63-43-32-55(33-44-63)51-20-10-3-11-21-51)66-47-36-59(52-22-12-4-13-23-52)48-65(66)58-24-14-5-15-25-58;1-3-11-30-25-32(19-17-28(30)9-1)42-36-14-5-6-15-37(36)43(33-20-18-29-10-2-4-12-31(29)26-33)40-27-34(21-22-38(40)42)44-45-39(23-24-46-44)35-13-7-8-16-41(35)47-45;1-14-12-18(16-10-6-3-7-11-16)19-13-17(14)15-8-4-2-5-9-15;1-10-7-8-12(13-9-10)11-5-3-2-4-6-11;;;/h1-48H;1-27H;2-10,12-13H,1H3;2-5,7-9H,1H3;1H4;;1H/q;;2*-1;;;/i;;2*1D3;;;. The summed E-state index contributed by atoms with van der Waals surface area (Å²) < 4.78 is 47.7. The van der Waals surface area contributed by atoms with E-state index in [1.54, 1.807) is 36.5 Å². The molecule has 26 rings (SSSR count). The molecule has 0 amide bonds. The number of fused-ring (bicyclic) bond motifs is 7. The number of aryl methyl sites for hydroxylation is 2. The SMILES string of the molecule is C.[2H]C([2H])([2H])c1cc(-c2[c-]cccc2)ncc1-c1ccccc1.[2H]C([2H])([2H])c1ccc(-c2[c-]cccc2)nc1.[HH].[Ir].c1ccc(-c2ccc(N(c3ccc(-c4ccccc4)cc3)c3ccc(-c4ccc(N(c5ccc(-c6ccccc6)cc5)c5ccc(-c6ccccc6)cc5-c5ccccc5)cc4)cc3)cc2)cc1.c1ccc2cc(-c3c4ccccc4c(-c4ccc5ccccc5c4)c4cc(-c5nccc6c5sc5ccccc56)ccc34)ccc2c1. The molecule has 0 N–H and O–H groups in total. The third kappa shape index (κ3) is 21.1. The van der Waals surface area contributed by atoms with E-state index in [2.05, 4.69) is 481 Å². The van der Waals surface area contributed by atoms with Crippen LogP contribution in [0.15, 0.2) is 565 Å². The Labute approximate surface area is 899 Å². The van der Waals surface area contributed by atoms with Gasteiger partial charge < -0.3 is 19.8 Å². The van der Waals surface area contributed by atoms with E-state index in [1.807, 2.05) is 84.3 Å². The quantitative estimate of drug-likeness (QED) is 0.0633. The smallest absolute Gasteiger partial charge is 0.0880 e. The van der Waals surface area contributed by atoms with Crippen molar-refractivity contribution in [2.24, 2.45) is 0 Å². The van der Waals surface area contributed by atoms with Gasteiger partial charge in [0.25, 0.3) is 0 Å². The molecule has 0 bridgehead atoms. The van der Waals surface area contributed by atoms with Gasteiger partial charge in [0.1, 0.15) is 0 Å². The van der Waals surface area contributed by atoms with Crippen LogP contribution in [0, 0.1) is 25.8 Å². The van der Waals surface area contributed by atoms with E-state index in [0.717, 1.165) is 90.0 Å². The van der Waals surface area contributed by atoms with Gasteiger partial charge in [-0.2, -0.15) is 0 Å². The molecule has 149 heavy (non-hydrogen) atoms. The Bertz CT molecular complexity index is 9280. The monoisotopic (exact) mass is 2110 g/mol. The van der Waals surface area contributed by atoms with Gasteiger partial charge in [0.15, 0.2) is 0 Å². The molecular weight excluding hydrogens is 2000 g/mol. The fourth-order valence-electron chi connectivity index (χ4n) is 19.8. The Morgan fingerprint density at radius 3 is 1.08 bits per heavy atom. The number of anilines is 6. The Morgan fingerprint density at radius 1 is 0.248 bits per heavy atom. The van der Waals surface area contributed by atoms with Crippen LogP contribution < -0.4 is 9.80 Å². The molecule has 5 nitrogen and oxygen atoms in total. The van der Waals surface area contributed by atoms with Crippen LogP contribution in [0.25, 0.3) is 197 Å². The van der Waals surface area contributed by atoms with Crippen LogP contribution in [0.3, 0.4) is 0 Å². The summed E-state index contributed by atoms with van der Waals surface area (Å²) in [4.78, 5) is 18.3. The minimum absolute atomic E-state index is 0. The summed E-state index contributed by atoms with van der Waals surface area (Å²) in [5.41, 5.74) is 32.9. The Kier molecular flexibility index (Phi) is 27.1. The second kappa shape index (κ2) is 45.0. The summed E-state index contributed by atoms with van der Waals surface area (Å²) in [5.74, 6) is 0. The molecule has 26 aromatic rings. The van der Waals surface area contributed by atoms with Crippen molar-refractivity contribution in [3.63, 3.8) is 0 Å². The van der Waals surface area contributed by atoms with Crippen molar-refractivity contribution in [2.75, 3.05) is 9.80 Å². The van der Waals surface area contributed by atoms with Crippen LogP contribution in [0.5, 0.6) is 0 Å². The second-order valence-corrected chi connectivity index (χ2v) is 37.3. The Morgan fingerprint density at radius 2 is 0.624 bits per heavy atom. The van der Waals surface area contributed by atoms with Gasteiger partial charge >= 0.3 is 0 Å². The number of hydrogen-bond acceptors (Lipinski definition) is 6. The van der Waals surface area contributed by atoms with E-state index in [0.29, 0.717) is 16.8 Å². The summed E-state index contributed by atoms with van der Waals surface area (Å²) in [6, 6.07) is 198. The van der Waals surface area contributed by atoms with Gasteiger partial charge in [-0.05, 0) is 271 Å². The maximum absolute atomic E-state index is 7.82. The molecule has 715 valence electrons. The molecule has 0 aliphatic carbocycles. The van der Waals surface area contributed by atoms with Crippen LogP contribution in [-0.2, 0) is 20.1 Å². The number of nitrogens with zero attached hydrogens (tertiary/aromatic N) is 5. The van der Waals surface area contributed by atoms with Crippen LogP contribution in [0.4, 0.5) is 34.1 Å². The average Bonchev–Trinajstić information content (AvgIpc) is 1.07. The molecule has 0 aliphatic heterocycles. The zero-order chi connectivity index (χ0) is 104. The predicted octanol–water partition coefficient (Wildman–Crippen LogP) is 40.0. The van der Waals surface area contributed by atoms with Crippen LogP contribution in [0.1, 0.15) is 28.2 Å². The molecule has 4 heterocycles. The normalized spacial score (nSPS) is 11.7. The van der Waals surface area contributed by atoms with Gasteiger partial charge in [0.05, 0.1) is 16.1 Å². The molecule has 0 unspecified atom stereocenters. The Balaban J connectivity index is 0.000000142. The molecule has 0 spiro atoms. The van der Waals surface area contributed by atoms with Crippen molar-refractivity contribution in [1.29, 1.82) is 0 Å². The fourth-order valence-corrected chi connectivity index (χ4v) is 21.0. The maximum atomic E-state index is 7.82. The molecule has 22 aromatic carbocycles. The zero-order valence-electron chi connectivity index (χ0n) is 86.7. The third-order valence-electron chi connectivity index (χ3n) is 27.1. The fraction of sp³-hybridized carbons (Fsp3) is 0.0211. The number of aromatic nitrogens is 3. The van der Waals surface area contributed by atoms with Gasteiger partial charge in [0, 0.05) is 109 Å². The maximum Gasteiger partial charge on any atom is 0.0880 e. The van der Waals surface area contributed by atoms with Gasteiger partial charge in [-0.1, -0.05) is 402 Å². The number of hydrogen-bond donors (Lipinski definition) is 0. The van der Waals surface area contributed by atoms with Crippen molar-refractivity contribution in [3.05, 3.63) is 588 Å². The summed E-state index contributed by atoms with van der Waals surface area (Å²) in [6.45, 7) is -4.29. The average molecular weight is 2110 g/mol. The van der Waals surface area contributed by atoms with Gasteiger partial charge in [-0.15, -0.1) is 83.1 Å². The summed E-state index contributed by atoms with van der Waals surface area (Å²) in [5, 5.41) is 12.5. The first-order chi connectivity index (χ1) is 75.1. The zero-order valence-corrected chi connectivity index (χ0v) is 83.9. The van der Waals surface area contributed by atoms with E-state index in [-0.39, 0.29) is 34.5 Å². The molecule has 1 radical (unpaired) electrons. The van der Waals surface area contributed by atoms with E-state index in [1.165, 1.54) is 136 Å². The molecule has 0 atom stereocenters. The second-order valence-electron chi connectivity index (χ2n) is 36.2. The van der Waals surface area contributed by atoms with E-state index in [9.17, 15) is 0 Å². The van der Waals surface area contributed by atoms with E-state index in [4.69, 9.17) is 13.2 Å². The summed E-state index contributed by atoms with van der Waals surface area (Å²) in [7, 11) is 0. The minimum atomic E-state index is -2.20. The van der Waals surface area contributed by atoms with Crippen LogP contribution in [0.2, 0.25) is 0 Å². The third-order valence-corrected chi connectivity index (χ3v) is 28.3. The van der Waals surface area contributed by atoms with Gasteiger partial charge in [-0.3, -0.25) is 4.98 Å². The van der Waals surface area contributed by atoms with Crippen LogP contribution >= 0.6 is 11.3 Å². The first-order valence-corrected chi connectivity index (χ1v) is 50.2. The van der Waals surface area contributed by atoms with Crippen molar-refractivity contribution >= 4 is 109 Å². The molecular formula is C142H105IrN5S-2. The largest absolute Gasteiger partial charge is 0.311 e. The van der Waals surface area contributed by atoms with Crippen LogP contribution in [-0.4, -0.2) is 15.0 Å². The summed E-state index contributed by atoms with van der Waals surface area (Å²) in [6.07, 6.45) is 4.99. The van der Waals surface area contributed by atoms with E-state index >= 15 is 0 Å². The topological polar surface area (TPSA) is 45.2 Å². The predicted molar refractivity (Wildman–Crippen MR) is 633 cm³/mol. The van der Waals surface area contributed by atoms with E-state index < -0.39 is 13.7 Å². The molecule has 0 saturated carbocycles.